The lowest BCUT2D eigenvalue weighted by Gasteiger charge is -2.22. The number of hydrogen-bond acceptors (Lipinski definition) is 5. The first kappa shape index (κ1) is 14.8. The van der Waals surface area contributed by atoms with Crippen LogP contribution in [0.2, 0.25) is 0 Å². The molecule has 0 unspecified atom stereocenters. The second-order valence-corrected chi connectivity index (χ2v) is 3.97. The zero-order valence-electron chi connectivity index (χ0n) is 11.2. The van der Waals surface area contributed by atoms with Crippen LogP contribution in [0.4, 0.5) is 11.4 Å². The van der Waals surface area contributed by atoms with E-state index < -0.39 is 11.9 Å². The van der Waals surface area contributed by atoms with E-state index in [4.69, 9.17) is 16.2 Å². The average Bonchev–Trinajstić information content (AvgIpc) is 2.36. The Hall–Kier alpha value is -2.24. The summed E-state index contributed by atoms with van der Waals surface area (Å²) >= 11 is 0. The van der Waals surface area contributed by atoms with Gasteiger partial charge in [0.05, 0.1) is 18.7 Å². The Morgan fingerprint density at radius 1 is 1.32 bits per heavy atom. The zero-order valence-corrected chi connectivity index (χ0v) is 11.2. The van der Waals surface area contributed by atoms with Crippen LogP contribution < -0.4 is 16.4 Å². The lowest BCUT2D eigenvalue weighted by molar-refractivity contribution is -0.116. The molecule has 0 bridgehead atoms. The lowest BCUT2D eigenvalue weighted by atomic mass is 10.1. The largest absolute Gasteiger partial charge is 0.462 e. The van der Waals surface area contributed by atoms with Crippen molar-refractivity contribution >= 4 is 23.3 Å². The van der Waals surface area contributed by atoms with Crippen molar-refractivity contribution in [1.29, 1.82) is 0 Å². The Balaban J connectivity index is 3.06. The maximum atomic E-state index is 11.7. The van der Waals surface area contributed by atoms with Gasteiger partial charge in [-0.25, -0.2) is 4.79 Å². The number of esters is 1. The van der Waals surface area contributed by atoms with Gasteiger partial charge in [0.25, 0.3) is 0 Å². The molecule has 0 atom stereocenters. The third-order valence-corrected chi connectivity index (χ3v) is 2.63. The number of carbonyl (C=O) groups is 2. The normalized spacial score (nSPS) is 10.0. The van der Waals surface area contributed by atoms with E-state index in [1.54, 1.807) is 30.0 Å². The van der Waals surface area contributed by atoms with Crippen LogP contribution in [-0.2, 0) is 9.53 Å². The van der Waals surface area contributed by atoms with Crippen molar-refractivity contribution in [2.24, 2.45) is 5.73 Å². The number of nitrogens with zero attached hydrogens (tertiary/aromatic N) is 1. The minimum absolute atomic E-state index is 0.0860. The molecule has 0 fully saturated rings. The van der Waals surface area contributed by atoms with Crippen molar-refractivity contribution < 1.29 is 14.3 Å². The molecule has 0 aromatic heterocycles. The molecule has 1 aromatic rings. The third-order valence-electron chi connectivity index (χ3n) is 2.63. The molecule has 0 aliphatic carbocycles. The van der Waals surface area contributed by atoms with Crippen LogP contribution in [0.15, 0.2) is 18.2 Å². The molecule has 0 aliphatic rings. The van der Waals surface area contributed by atoms with E-state index in [9.17, 15) is 9.59 Å². The van der Waals surface area contributed by atoms with Crippen LogP contribution in [-0.4, -0.2) is 31.6 Å². The lowest BCUT2D eigenvalue weighted by Crippen LogP contribution is -2.33. The predicted octanol–water partition coefficient (Wildman–Crippen LogP) is 0.757. The van der Waals surface area contributed by atoms with Crippen molar-refractivity contribution in [2.45, 2.75) is 13.8 Å². The zero-order chi connectivity index (χ0) is 14.4. The van der Waals surface area contributed by atoms with Crippen molar-refractivity contribution in [2.75, 3.05) is 30.3 Å². The number of amides is 1. The van der Waals surface area contributed by atoms with E-state index in [0.29, 0.717) is 23.5 Å². The maximum absolute atomic E-state index is 11.7. The van der Waals surface area contributed by atoms with Gasteiger partial charge in [-0.15, -0.1) is 0 Å². The molecule has 0 saturated carbocycles. The number of benzene rings is 1. The van der Waals surface area contributed by atoms with Gasteiger partial charge in [-0.05, 0) is 32.0 Å². The second-order valence-electron chi connectivity index (χ2n) is 3.97. The van der Waals surface area contributed by atoms with Crippen LogP contribution in [0.1, 0.15) is 24.2 Å². The number of primary amides is 1. The molecule has 6 nitrogen and oxygen atoms in total. The quantitative estimate of drug-likeness (QED) is 0.584. The fourth-order valence-electron chi connectivity index (χ4n) is 1.70. The van der Waals surface area contributed by atoms with Crippen LogP contribution in [0, 0.1) is 0 Å². The van der Waals surface area contributed by atoms with Crippen molar-refractivity contribution in [3.63, 3.8) is 0 Å². The van der Waals surface area contributed by atoms with Crippen molar-refractivity contribution in [3.05, 3.63) is 23.8 Å². The Labute approximate surface area is 112 Å². The molecule has 19 heavy (non-hydrogen) atoms. The summed E-state index contributed by atoms with van der Waals surface area (Å²) in [4.78, 5) is 24.5. The first-order valence-corrected chi connectivity index (χ1v) is 6.09. The van der Waals surface area contributed by atoms with Crippen LogP contribution >= 0.6 is 0 Å². The van der Waals surface area contributed by atoms with E-state index in [1.807, 2.05) is 6.92 Å². The standard InChI is InChI=1S/C13H19N3O3/c1-3-16(8-12(15)17)9-5-6-11(14)10(7-9)13(18)19-4-2/h5-7H,3-4,8,14H2,1-2H3,(H2,15,17). The molecular weight excluding hydrogens is 246 g/mol. The minimum Gasteiger partial charge on any atom is -0.462 e. The molecule has 0 aliphatic heterocycles. The highest BCUT2D eigenvalue weighted by atomic mass is 16.5. The van der Waals surface area contributed by atoms with E-state index in [-0.39, 0.29) is 13.2 Å². The Morgan fingerprint density at radius 2 is 2.00 bits per heavy atom. The van der Waals surface area contributed by atoms with Gasteiger partial charge in [-0.2, -0.15) is 0 Å². The third kappa shape index (κ3) is 3.87. The fourth-order valence-corrected chi connectivity index (χ4v) is 1.70. The monoisotopic (exact) mass is 265 g/mol. The smallest absolute Gasteiger partial charge is 0.340 e. The maximum Gasteiger partial charge on any atom is 0.340 e. The van der Waals surface area contributed by atoms with Crippen LogP contribution in [0.5, 0.6) is 0 Å². The first-order chi connectivity index (χ1) is 8.99. The molecule has 1 amide bonds. The molecule has 1 rings (SSSR count). The summed E-state index contributed by atoms with van der Waals surface area (Å²) in [6.45, 7) is 4.58. The minimum atomic E-state index is -0.475. The van der Waals surface area contributed by atoms with Gasteiger partial charge in [-0.3, -0.25) is 4.79 Å². The molecule has 4 N–H and O–H groups in total. The van der Waals surface area contributed by atoms with Gasteiger partial charge < -0.3 is 21.1 Å². The number of rotatable bonds is 6. The molecule has 0 radical (unpaired) electrons. The topological polar surface area (TPSA) is 98.6 Å². The molecule has 104 valence electrons. The average molecular weight is 265 g/mol. The van der Waals surface area contributed by atoms with Gasteiger partial charge in [0.2, 0.25) is 5.91 Å². The number of nitrogens with two attached hydrogens (primary N) is 2. The van der Waals surface area contributed by atoms with Crippen molar-refractivity contribution in [3.8, 4) is 0 Å². The number of ether oxygens (including phenoxy) is 1. The number of nitrogen functional groups attached to an aromatic ring is 1. The highest BCUT2D eigenvalue weighted by molar-refractivity contribution is 5.96. The fraction of sp³-hybridized carbons (Fsp3) is 0.385. The Bertz CT molecular complexity index is 474. The van der Waals surface area contributed by atoms with E-state index in [1.165, 1.54) is 0 Å². The van der Waals surface area contributed by atoms with Crippen LogP contribution in [0.3, 0.4) is 0 Å². The summed E-state index contributed by atoms with van der Waals surface area (Å²) in [5.41, 5.74) is 12.3. The molecular formula is C13H19N3O3. The second kappa shape index (κ2) is 6.63. The summed E-state index contributed by atoms with van der Waals surface area (Å²) < 4.78 is 4.93. The number of hydrogen-bond donors (Lipinski definition) is 2. The summed E-state index contributed by atoms with van der Waals surface area (Å²) in [5, 5.41) is 0. The molecule has 0 spiro atoms. The summed E-state index contributed by atoms with van der Waals surface area (Å²) in [6, 6.07) is 4.97. The van der Waals surface area contributed by atoms with Gasteiger partial charge in [0.15, 0.2) is 0 Å². The van der Waals surface area contributed by atoms with E-state index in [0.717, 1.165) is 0 Å². The summed E-state index contributed by atoms with van der Waals surface area (Å²) in [6.07, 6.45) is 0. The predicted molar refractivity (Wildman–Crippen MR) is 73.9 cm³/mol. The molecule has 6 heteroatoms. The van der Waals surface area contributed by atoms with Gasteiger partial charge in [0.1, 0.15) is 0 Å². The van der Waals surface area contributed by atoms with Gasteiger partial charge in [-0.1, -0.05) is 0 Å². The Kier molecular flexibility index (Phi) is 5.17. The number of likely N-dealkylation sites (N-methyl/N-ethyl adjacent to an activating group) is 1. The molecule has 0 heterocycles. The molecule has 0 saturated heterocycles. The van der Waals surface area contributed by atoms with E-state index in [2.05, 4.69) is 0 Å². The van der Waals surface area contributed by atoms with Crippen molar-refractivity contribution in [1.82, 2.24) is 0 Å². The van der Waals surface area contributed by atoms with Gasteiger partial charge in [0, 0.05) is 17.9 Å². The SMILES string of the molecule is CCOC(=O)c1cc(N(CC)CC(N)=O)ccc1N. The van der Waals surface area contributed by atoms with Gasteiger partial charge >= 0.3 is 5.97 Å². The van der Waals surface area contributed by atoms with Crippen LogP contribution in [0.25, 0.3) is 0 Å². The first-order valence-electron chi connectivity index (χ1n) is 6.09. The number of carbonyl (C=O) groups excluding carboxylic acids is 2. The summed E-state index contributed by atoms with van der Waals surface area (Å²) in [5.74, 6) is -0.909. The van der Waals surface area contributed by atoms with E-state index >= 15 is 0 Å². The Morgan fingerprint density at radius 3 is 2.53 bits per heavy atom. The highest BCUT2D eigenvalue weighted by Gasteiger charge is 2.14. The number of anilines is 2. The summed E-state index contributed by atoms with van der Waals surface area (Å²) in [7, 11) is 0. The highest BCUT2D eigenvalue weighted by Crippen LogP contribution is 2.22. The molecule has 1 aromatic carbocycles.